The summed E-state index contributed by atoms with van der Waals surface area (Å²) in [5.74, 6) is 1.90. The normalized spacial score (nSPS) is 20.5. The van der Waals surface area contributed by atoms with Crippen molar-refractivity contribution < 1.29 is 18.8 Å². The molecule has 0 aromatic carbocycles. The topological polar surface area (TPSA) is 95.5 Å². The van der Waals surface area contributed by atoms with Gasteiger partial charge in [0, 0.05) is 52.1 Å². The number of carbonyl (C=O) groups excluding carboxylic acids is 1. The molecule has 9 nitrogen and oxygen atoms in total. The maximum atomic E-state index is 12.7. The van der Waals surface area contributed by atoms with Gasteiger partial charge in [-0.3, -0.25) is 9.48 Å². The number of rotatable bonds is 7. The standard InChI is InChI=1S/C20H29N5O4/c1-14-11-17(22-24(14)2)20(26)25-7-3-16(12-25)19-21-18(23-29-19)6-10-28-13-15-4-8-27-9-5-15/h11,15-16H,3-10,12-13H2,1-2H3. The molecule has 0 saturated carbocycles. The molecular weight excluding hydrogens is 374 g/mol. The Kier molecular flexibility index (Phi) is 6.25. The second-order valence-electron chi connectivity index (χ2n) is 7.96. The van der Waals surface area contributed by atoms with Crippen LogP contribution in [0.5, 0.6) is 0 Å². The molecule has 2 aliphatic heterocycles. The van der Waals surface area contributed by atoms with Gasteiger partial charge in [-0.1, -0.05) is 5.16 Å². The second-order valence-corrected chi connectivity index (χ2v) is 7.96. The number of likely N-dealkylation sites (tertiary alicyclic amines) is 1. The van der Waals surface area contributed by atoms with E-state index in [1.165, 1.54) is 0 Å². The van der Waals surface area contributed by atoms with E-state index in [0.29, 0.717) is 49.4 Å². The van der Waals surface area contributed by atoms with E-state index in [-0.39, 0.29) is 11.8 Å². The van der Waals surface area contributed by atoms with E-state index in [1.807, 2.05) is 24.9 Å². The third-order valence-electron chi connectivity index (χ3n) is 5.81. The van der Waals surface area contributed by atoms with Crippen LogP contribution in [-0.2, 0) is 22.9 Å². The Hall–Kier alpha value is -2.26. The minimum absolute atomic E-state index is 0.0440. The van der Waals surface area contributed by atoms with Gasteiger partial charge in [-0.2, -0.15) is 10.1 Å². The van der Waals surface area contributed by atoms with Crippen molar-refractivity contribution in [2.45, 2.75) is 38.5 Å². The van der Waals surface area contributed by atoms with E-state index >= 15 is 0 Å². The Morgan fingerprint density at radius 2 is 2.14 bits per heavy atom. The molecule has 2 aromatic rings. The first kappa shape index (κ1) is 20.0. The molecule has 2 fully saturated rings. The van der Waals surface area contributed by atoms with Crippen molar-refractivity contribution in [3.8, 4) is 0 Å². The van der Waals surface area contributed by atoms with E-state index in [1.54, 1.807) is 4.68 Å². The molecule has 158 valence electrons. The van der Waals surface area contributed by atoms with Crippen molar-refractivity contribution in [1.82, 2.24) is 24.8 Å². The van der Waals surface area contributed by atoms with Crippen molar-refractivity contribution in [1.29, 1.82) is 0 Å². The summed E-state index contributed by atoms with van der Waals surface area (Å²) in [5, 5.41) is 8.37. The van der Waals surface area contributed by atoms with Crippen LogP contribution >= 0.6 is 0 Å². The molecule has 4 rings (SSSR count). The summed E-state index contributed by atoms with van der Waals surface area (Å²) < 4.78 is 18.3. The number of aryl methyl sites for hydroxylation is 2. The molecule has 1 unspecified atom stereocenters. The van der Waals surface area contributed by atoms with Crippen molar-refractivity contribution in [2.75, 3.05) is 39.5 Å². The van der Waals surface area contributed by atoms with Crippen LogP contribution in [-0.4, -0.2) is 70.2 Å². The number of hydrogen-bond donors (Lipinski definition) is 0. The molecule has 1 amide bonds. The Morgan fingerprint density at radius 3 is 2.90 bits per heavy atom. The number of nitrogens with zero attached hydrogens (tertiary/aromatic N) is 5. The molecule has 0 spiro atoms. The number of amides is 1. The highest BCUT2D eigenvalue weighted by Crippen LogP contribution is 2.27. The van der Waals surface area contributed by atoms with Gasteiger partial charge in [0.2, 0.25) is 5.89 Å². The Morgan fingerprint density at radius 1 is 1.31 bits per heavy atom. The zero-order valence-electron chi connectivity index (χ0n) is 17.2. The molecule has 1 atom stereocenters. The minimum Gasteiger partial charge on any atom is -0.381 e. The summed E-state index contributed by atoms with van der Waals surface area (Å²) in [5.41, 5.74) is 1.45. The summed E-state index contributed by atoms with van der Waals surface area (Å²) in [6, 6.07) is 1.82. The summed E-state index contributed by atoms with van der Waals surface area (Å²) in [4.78, 5) is 19.0. The van der Waals surface area contributed by atoms with E-state index in [0.717, 1.165) is 44.8 Å². The zero-order valence-corrected chi connectivity index (χ0v) is 17.2. The lowest BCUT2D eigenvalue weighted by molar-refractivity contribution is 0.0211. The number of ether oxygens (including phenoxy) is 2. The lowest BCUT2D eigenvalue weighted by Gasteiger charge is -2.21. The first-order chi connectivity index (χ1) is 14.1. The van der Waals surface area contributed by atoms with E-state index < -0.39 is 0 Å². The van der Waals surface area contributed by atoms with Gasteiger partial charge in [0.25, 0.3) is 5.91 Å². The summed E-state index contributed by atoms with van der Waals surface area (Å²) in [7, 11) is 1.84. The molecule has 0 radical (unpaired) electrons. The molecule has 2 saturated heterocycles. The largest absolute Gasteiger partial charge is 0.381 e. The molecule has 0 aliphatic carbocycles. The van der Waals surface area contributed by atoms with Crippen LogP contribution in [0, 0.1) is 12.8 Å². The monoisotopic (exact) mass is 403 g/mol. The number of aromatic nitrogens is 4. The SMILES string of the molecule is Cc1cc(C(=O)N2CCC(c3nc(CCOCC4CCOCC4)no3)C2)nn1C. The van der Waals surface area contributed by atoms with E-state index in [9.17, 15) is 4.79 Å². The molecule has 0 N–H and O–H groups in total. The maximum Gasteiger partial charge on any atom is 0.274 e. The number of hydrogen-bond acceptors (Lipinski definition) is 7. The third-order valence-corrected chi connectivity index (χ3v) is 5.81. The fourth-order valence-electron chi connectivity index (χ4n) is 3.83. The van der Waals surface area contributed by atoms with E-state index in [2.05, 4.69) is 15.2 Å². The molecule has 4 heterocycles. The minimum atomic E-state index is -0.0440. The van der Waals surface area contributed by atoms with Gasteiger partial charge in [0.15, 0.2) is 11.5 Å². The van der Waals surface area contributed by atoms with Gasteiger partial charge in [-0.05, 0) is 38.2 Å². The smallest absolute Gasteiger partial charge is 0.274 e. The number of carbonyl (C=O) groups is 1. The van der Waals surface area contributed by atoms with E-state index in [4.69, 9.17) is 14.0 Å². The molecule has 29 heavy (non-hydrogen) atoms. The van der Waals surface area contributed by atoms with Gasteiger partial charge in [-0.25, -0.2) is 0 Å². The average Bonchev–Trinajstić information content (AvgIpc) is 3.46. The van der Waals surface area contributed by atoms with Crippen LogP contribution in [0.3, 0.4) is 0 Å². The van der Waals surface area contributed by atoms with Crippen molar-refractivity contribution in [3.63, 3.8) is 0 Å². The van der Waals surface area contributed by atoms with Crippen molar-refractivity contribution in [2.24, 2.45) is 13.0 Å². The van der Waals surface area contributed by atoms with Crippen LogP contribution < -0.4 is 0 Å². The fourth-order valence-corrected chi connectivity index (χ4v) is 3.83. The van der Waals surface area contributed by atoms with Crippen molar-refractivity contribution >= 4 is 5.91 Å². The van der Waals surface area contributed by atoms with Crippen molar-refractivity contribution in [3.05, 3.63) is 29.2 Å². The lowest BCUT2D eigenvalue weighted by Crippen LogP contribution is -2.29. The van der Waals surface area contributed by atoms with Gasteiger partial charge in [-0.15, -0.1) is 0 Å². The molecule has 2 aromatic heterocycles. The predicted octanol–water partition coefficient (Wildman–Crippen LogP) is 1.73. The van der Waals surface area contributed by atoms with Gasteiger partial charge >= 0.3 is 0 Å². The Labute approximate surface area is 170 Å². The third kappa shape index (κ3) is 4.84. The quantitative estimate of drug-likeness (QED) is 0.650. The molecular formula is C20H29N5O4. The maximum absolute atomic E-state index is 12.7. The van der Waals surface area contributed by atoms with Gasteiger partial charge in [0.05, 0.1) is 12.5 Å². The summed E-state index contributed by atoms with van der Waals surface area (Å²) in [6.07, 6.45) is 3.59. The van der Waals surface area contributed by atoms with Crippen LogP contribution in [0.1, 0.15) is 53.1 Å². The van der Waals surface area contributed by atoms with Gasteiger partial charge < -0.3 is 18.9 Å². The Bertz CT molecular complexity index is 807. The first-order valence-electron chi connectivity index (χ1n) is 10.4. The first-order valence-corrected chi connectivity index (χ1v) is 10.4. The molecule has 0 bridgehead atoms. The van der Waals surface area contributed by atoms with Crippen LogP contribution in [0.25, 0.3) is 0 Å². The average molecular weight is 403 g/mol. The second kappa shape index (κ2) is 9.04. The highest BCUT2D eigenvalue weighted by atomic mass is 16.5. The highest BCUT2D eigenvalue weighted by molar-refractivity contribution is 5.92. The van der Waals surface area contributed by atoms with Crippen LogP contribution in [0.4, 0.5) is 0 Å². The van der Waals surface area contributed by atoms with Crippen LogP contribution in [0.15, 0.2) is 10.6 Å². The highest BCUT2D eigenvalue weighted by Gasteiger charge is 2.32. The predicted molar refractivity (Wildman–Crippen MR) is 104 cm³/mol. The summed E-state index contributed by atoms with van der Waals surface area (Å²) >= 11 is 0. The summed E-state index contributed by atoms with van der Waals surface area (Å²) in [6.45, 7) is 6.21. The molecule has 2 aliphatic rings. The Balaban J connectivity index is 1.23. The zero-order chi connectivity index (χ0) is 20.2. The molecule has 9 heteroatoms. The van der Waals surface area contributed by atoms with Gasteiger partial charge in [0.1, 0.15) is 0 Å². The van der Waals surface area contributed by atoms with Crippen LogP contribution in [0.2, 0.25) is 0 Å². The fraction of sp³-hybridized carbons (Fsp3) is 0.700. The lowest BCUT2D eigenvalue weighted by atomic mass is 10.0.